The highest BCUT2D eigenvalue weighted by Crippen LogP contribution is 2.38. The van der Waals surface area contributed by atoms with Crippen LogP contribution in [0.1, 0.15) is 38.3 Å². The van der Waals surface area contributed by atoms with Crippen LogP contribution in [-0.2, 0) is 9.53 Å². The Hall–Kier alpha value is -1.95. The van der Waals surface area contributed by atoms with Crippen LogP contribution in [0.25, 0.3) is 0 Å². The van der Waals surface area contributed by atoms with Crippen molar-refractivity contribution < 1.29 is 13.9 Å². The lowest BCUT2D eigenvalue weighted by molar-refractivity contribution is -0.139. The molecule has 1 N–H and O–H groups in total. The number of benzene rings is 1. The number of thiocarbonyl (C=S) groups is 1. The molecule has 1 atom stereocenters. The van der Waals surface area contributed by atoms with E-state index >= 15 is 0 Å². The number of esters is 1. The largest absolute Gasteiger partial charge is 0.463 e. The third-order valence-electron chi connectivity index (χ3n) is 4.12. The smallest absolute Gasteiger partial charge is 0.338 e. The molecule has 1 aliphatic carbocycles. The third kappa shape index (κ3) is 3.08. The van der Waals surface area contributed by atoms with Crippen molar-refractivity contribution in [2.75, 3.05) is 6.61 Å². The van der Waals surface area contributed by atoms with Crippen LogP contribution >= 0.6 is 12.2 Å². The molecule has 0 unspecified atom stereocenters. The lowest BCUT2D eigenvalue weighted by Gasteiger charge is -2.37. The van der Waals surface area contributed by atoms with Gasteiger partial charge >= 0.3 is 5.97 Å². The first kappa shape index (κ1) is 15.9. The van der Waals surface area contributed by atoms with Gasteiger partial charge in [0.25, 0.3) is 0 Å². The van der Waals surface area contributed by atoms with Crippen LogP contribution in [0.15, 0.2) is 35.5 Å². The maximum atomic E-state index is 13.6. The number of hydrogen-bond donors (Lipinski definition) is 1. The molecule has 6 heteroatoms. The lowest BCUT2D eigenvalue weighted by atomic mass is 9.95. The molecule has 3 rings (SSSR count). The summed E-state index contributed by atoms with van der Waals surface area (Å²) in [5, 5.41) is 3.76. The highest BCUT2D eigenvalue weighted by molar-refractivity contribution is 7.80. The molecule has 0 spiro atoms. The predicted octanol–water partition coefficient (Wildman–Crippen LogP) is 3.06. The van der Waals surface area contributed by atoms with E-state index in [1.54, 1.807) is 19.1 Å². The Kier molecular flexibility index (Phi) is 4.35. The highest BCUT2D eigenvalue weighted by atomic mass is 32.1. The summed E-state index contributed by atoms with van der Waals surface area (Å²) >= 11 is 5.47. The third-order valence-corrected chi connectivity index (χ3v) is 4.43. The molecular weight excluding hydrogens is 315 g/mol. The van der Waals surface area contributed by atoms with Crippen molar-refractivity contribution in [1.29, 1.82) is 0 Å². The summed E-state index contributed by atoms with van der Waals surface area (Å²) in [4.78, 5) is 14.5. The van der Waals surface area contributed by atoms with Gasteiger partial charge in [0.15, 0.2) is 5.11 Å². The first-order chi connectivity index (χ1) is 11.0. The van der Waals surface area contributed by atoms with Crippen molar-refractivity contribution in [3.05, 3.63) is 46.9 Å². The number of carbonyl (C=O) groups excluding carboxylic acids is 1. The fourth-order valence-corrected chi connectivity index (χ4v) is 3.34. The number of ether oxygens (including phenoxy) is 1. The van der Waals surface area contributed by atoms with Gasteiger partial charge in [-0.15, -0.1) is 0 Å². The summed E-state index contributed by atoms with van der Waals surface area (Å²) in [6.45, 7) is 3.94. The molecular formula is C17H19FN2O2S. The minimum absolute atomic E-state index is 0.291. The quantitative estimate of drug-likeness (QED) is 0.677. The molecule has 122 valence electrons. The average molecular weight is 334 g/mol. The van der Waals surface area contributed by atoms with Crippen LogP contribution in [0.3, 0.4) is 0 Å². The fraction of sp³-hybridized carbons (Fsp3) is 0.412. The molecule has 0 saturated heterocycles. The molecule has 1 aliphatic heterocycles. The topological polar surface area (TPSA) is 41.6 Å². The second-order valence-electron chi connectivity index (χ2n) is 5.76. The van der Waals surface area contributed by atoms with Gasteiger partial charge in [-0.1, -0.05) is 12.1 Å². The van der Waals surface area contributed by atoms with E-state index in [4.69, 9.17) is 17.0 Å². The molecule has 1 aromatic rings. The number of hydrogen-bond acceptors (Lipinski definition) is 3. The van der Waals surface area contributed by atoms with E-state index in [0.717, 1.165) is 18.5 Å². The van der Waals surface area contributed by atoms with Gasteiger partial charge in [0.2, 0.25) is 0 Å². The van der Waals surface area contributed by atoms with Crippen LogP contribution in [0.4, 0.5) is 4.39 Å². The first-order valence-corrected chi connectivity index (χ1v) is 8.16. The van der Waals surface area contributed by atoms with Gasteiger partial charge in [0.05, 0.1) is 18.2 Å². The van der Waals surface area contributed by atoms with Gasteiger partial charge in [-0.25, -0.2) is 9.18 Å². The zero-order valence-corrected chi connectivity index (χ0v) is 14.0. The zero-order chi connectivity index (χ0) is 16.6. The van der Waals surface area contributed by atoms with Crippen molar-refractivity contribution in [3.63, 3.8) is 0 Å². The van der Waals surface area contributed by atoms with Crippen LogP contribution < -0.4 is 5.32 Å². The van der Waals surface area contributed by atoms with Gasteiger partial charge in [0, 0.05) is 11.7 Å². The Bertz CT molecular complexity index is 685. The molecule has 0 radical (unpaired) electrons. The molecule has 2 aliphatic rings. The van der Waals surface area contributed by atoms with Gasteiger partial charge in [-0.3, -0.25) is 0 Å². The van der Waals surface area contributed by atoms with E-state index in [0.29, 0.717) is 28.9 Å². The molecule has 0 bridgehead atoms. The van der Waals surface area contributed by atoms with E-state index < -0.39 is 6.04 Å². The van der Waals surface area contributed by atoms with Gasteiger partial charge in [-0.2, -0.15) is 0 Å². The van der Waals surface area contributed by atoms with Crippen molar-refractivity contribution in [3.8, 4) is 0 Å². The number of carbonyl (C=O) groups is 1. The van der Waals surface area contributed by atoms with Crippen molar-refractivity contribution in [2.24, 2.45) is 0 Å². The summed E-state index contributed by atoms with van der Waals surface area (Å²) in [6, 6.07) is 6.05. The minimum Gasteiger partial charge on any atom is -0.463 e. The van der Waals surface area contributed by atoms with Gasteiger partial charge in [-0.05, 0) is 56.6 Å². The molecule has 1 aromatic carbocycles. The summed E-state index contributed by atoms with van der Waals surface area (Å²) < 4.78 is 18.8. The predicted molar refractivity (Wildman–Crippen MR) is 89.1 cm³/mol. The molecule has 1 saturated carbocycles. The Balaban J connectivity index is 2.06. The summed E-state index contributed by atoms with van der Waals surface area (Å²) in [7, 11) is 0. The average Bonchev–Trinajstić information content (AvgIpc) is 3.31. The summed E-state index contributed by atoms with van der Waals surface area (Å²) in [5.74, 6) is -0.736. The fourth-order valence-electron chi connectivity index (χ4n) is 2.94. The Morgan fingerprint density at radius 1 is 1.48 bits per heavy atom. The van der Waals surface area contributed by atoms with Crippen LogP contribution in [0.2, 0.25) is 0 Å². The van der Waals surface area contributed by atoms with E-state index in [2.05, 4.69) is 5.32 Å². The molecule has 1 heterocycles. The highest BCUT2D eigenvalue weighted by Gasteiger charge is 2.40. The first-order valence-electron chi connectivity index (χ1n) is 7.76. The lowest BCUT2D eigenvalue weighted by Crippen LogP contribution is -2.48. The van der Waals surface area contributed by atoms with Crippen LogP contribution in [0.5, 0.6) is 0 Å². The number of halogens is 1. The van der Waals surface area contributed by atoms with Gasteiger partial charge in [0.1, 0.15) is 5.82 Å². The molecule has 1 fully saturated rings. The van der Waals surface area contributed by atoms with Gasteiger partial charge < -0.3 is 15.0 Å². The zero-order valence-electron chi connectivity index (χ0n) is 13.1. The number of nitrogens with one attached hydrogen (secondary N) is 1. The number of nitrogens with zero attached hydrogens (tertiary/aromatic N) is 1. The Morgan fingerprint density at radius 2 is 2.22 bits per heavy atom. The summed E-state index contributed by atoms with van der Waals surface area (Å²) in [6.07, 6.45) is 2.11. The maximum absolute atomic E-state index is 13.6. The van der Waals surface area contributed by atoms with Crippen molar-refractivity contribution in [2.45, 2.75) is 38.8 Å². The Morgan fingerprint density at radius 3 is 2.83 bits per heavy atom. The minimum atomic E-state index is -0.493. The second-order valence-corrected chi connectivity index (χ2v) is 6.14. The maximum Gasteiger partial charge on any atom is 0.338 e. The van der Waals surface area contributed by atoms with Crippen LogP contribution in [0, 0.1) is 5.82 Å². The normalized spacial score (nSPS) is 21.3. The van der Waals surface area contributed by atoms with E-state index in [1.165, 1.54) is 12.1 Å². The number of allylic oxidation sites excluding steroid dienone is 1. The standard InChI is InChI=1S/C17H19FN2O2S/c1-3-22-16(21)14-10(2)20(13-7-8-13)17(23)19-15(14)11-5-4-6-12(18)9-11/h4-6,9,13,15H,3,7-8H2,1-2H3,(H,19,23)/t15-/m0/s1. The SMILES string of the molecule is CCOC(=O)C1=C(C)N(C2CC2)C(=S)N[C@H]1c1cccc(F)c1. The van der Waals surface area contributed by atoms with E-state index in [9.17, 15) is 9.18 Å². The van der Waals surface area contributed by atoms with E-state index in [-0.39, 0.29) is 11.8 Å². The number of rotatable bonds is 4. The summed E-state index contributed by atoms with van der Waals surface area (Å²) in [5.41, 5.74) is 1.95. The monoisotopic (exact) mass is 334 g/mol. The molecule has 0 amide bonds. The molecule has 0 aromatic heterocycles. The van der Waals surface area contributed by atoms with Crippen molar-refractivity contribution >= 4 is 23.3 Å². The molecule has 4 nitrogen and oxygen atoms in total. The van der Waals surface area contributed by atoms with Crippen molar-refractivity contribution in [1.82, 2.24) is 10.2 Å². The Labute approximate surface area is 140 Å². The van der Waals surface area contributed by atoms with Crippen LogP contribution in [-0.4, -0.2) is 28.6 Å². The van der Waals surface area contributed by atoms with E-state index in [1.807, 2.05) is 11.8 Å². The second kappa shape index (κ2) is 6.28. The molecule has 23 heavy (non-hydrogen) atoms.